The van der Waals surface area contributed by atoms with Crippen molar-refractivity contribution < 1.29 is 4.79 Å². The molecule has 0 radical (unpaired) electrons. The summed E-state index contributed by atoms with van der Waals surface area (Å²) < 4.78 is 0. The minimum atomic E-state index is -0.0184. The number of carbonyl (C=O) groups excluding carboxylic acids is 1. The molecule has 1 heterocycles. The van der Waals surface area contributed by atoms with E-state index in [-0.39, 0.29) is 5.78 Å². The smallest absolute Gasteiger partial charge is 0.212 e. The second kappa shape index (κ2) is 4.10. The predicted molar refractivity (Wildman–Crippen MR) is 76.3 cm³/mol. The Hall–Kier alpha value is -2.81. The maximum absolute atomic E-state index is 12.4. The Bertz CT molecular complexity index is 825. The molecule has 0 N–H and O–H groups in total. The molecule has 3 aromatic rings. The zero-order chi connectivity index (χ0) is 13.5. The van der Waals surface area contributed by atoms with Crippen LogP contribution >= 0.6 is 0 Å². The van der Waals surface area contributed by atoms with Crippen LogP contribution in [0.15, 0.2) is 60.8 Å². The lowest BCUT2D eigenvalue weighted by molar-refractivity contribution is 0.103. The SMILES string of the molecule is O=C1c2ccccc2-c2cnc(-c3ccccc3)nc21. The van der Waals surface area contributed by atoms with E-state index < -0.39 is 0 Å². The minimum absolute atomic E-state index is 0.0184. The fourth-order valence-electron chi connectivity index (χ4n) is 2.52. The molecule has 0 atom stereocenters. The third-order valence-electron chi connectivity index (χ3n) is 3.50. The van der Waals surface area contributed by atoms with Gasteiger partial charge < -0.3 is 0 Å². The van der Waals surface area contributed by atoms with E-state index in [1.807, 2.05) is 54.6 Å². The van der Waals surface area contributed by atoms with Gasteiger partial charge in [0, 0.05) is 22.9 Å². The number of ketones is 1. The van der Waals surface area contributed by atoms with Crippen molar-refractivity contribution >= 4 is 5.78 Å². The van der Waals surface area contributed by atoms with Crippen molar-refractivity contribution in [2.75, 3.05) is 0 Å². The van der Waals surface area contributed by atoms with E-state index in [0.717, 1.165) is 16.7 Å². The number of hydrogen-bond acceptors (Lipinski definition) is 3. The molecule has 0 aliphatic heterocycles. The van der Waals surface area contributed by atoms with Gasteiger partial charge in [-0.25, -0.2) is 9.97 Å². The molecule has 0 fully saturated rings. The number of hydrogen-bond donors (Lipinski definition) is 0. The predicted octanol–water partition coefficient (Wildman–Crippen LogP) is 3.36. The summed E-state index contributed by atoms with van der Waals surface area (Å²) >= 11 is 0. The third kappa shape index (κ3) is 1.50. The molecule has 0 saturated heterocycles. The van der Waals surface area contributed by atoms with Gasteiger partial charge >= 0.3 is 0 Å². The molecule has 3 nitrogen and oxygen atoms in total. The molecule has 0 bridgehead atoms. The van der Waals surface area contributed by atoms with Gasteiger partial charge in [0.15, 0.2) is 5.82 Å². The average Bonchev–Trinajstić information content (AvgIpc) is 2.81. The maximum Gasteiger partial charge on any atom is 0.212 e. The Balaban J connectivity index is 1.91. The number of aromatic nitrogens is 2. The van der Waals surface area contributed by atoms with Crippen LogP contribution in [0.5, 0.6) is 0 Å². The van der Waals surface area contributed by atoms with Gasteiger partial charge in [-0.1, -0.05) is 54.6 Å². The van der Waals surface area contributed by atoms with Gasteiger partial charge in [-0.05, 0) is 5.56 Å². The van der Waals surface area contributed by atoms with Gasteiger partial charge in [0.2, 0.25) is 5.78 Å². The van der Waals surface area contributed by atoms with Gasteiger partial charge in [-0.2, -0.15) is 0 Å². The summed E-state index contributed by atoms with van der Waals surface area (Å²) in [7, 11) is 0. The van der Waals surface area contributed by atoms with Crippen molar-refractivity contribution in [1.29, 1.82) is 0 Å². The molecule has 1 aromatic heterocycles. The summed E-state index contributed by atoms with van der Waals surface area (Å²) in [5.41, 5.74) is 3.87. The lowest BCUT2D eigenvalue weighted by atomic mass is 10.1. The van der Waals surface area contributed by atoms with Crippen molar-refractivity contribution in [2.24, 2.45) is 0 Å². The molecule has 0 unspecified atom stereocenters. The summed E-state index contributed by atoms with van der Waals surface area (Å²) in [6.45, 7) is 0. The molecule has 1 aliphatic carbocycles. The fourth-order valence-corrected chi connectivity index (χ4v) is 2.52. The zero-order valence-electron chi connectivity index (χ0n) is 10.6. The monoisotopic (exact) mass is 258 g/mol. The lowest BCUT2D eigenvalue weighted by Gasteiger charge is -2.02. The first kappa shape index (κ1) is 11.1. The molecule has 0 saturated carbocycles. The van der Waals surface area contributed by atoms with Crippen LogP contribution in [-0.2, 0) is 0 Å². The molecule has 4 rings (SSSR count). The van der Waals surface area contributed by atoms with Gasteiger partial charge in [-0.3, -0.25) is 4.79 Å². The van der Waals surface area contributed by atoms with Crippen LogP contribution in [0.1, 0.15) is 16.1 Å². The van der Waals surface area contributed by atoms with E-state index in [1.165, 1.54) is 0 Å². The van der Waals surface area contributed by atoms with Crippen LogP contribution in [0.4, 0.5) is 0 Å². The van der Waals surface area contributed by atoms with Gasteiger partial charge in [-0.15, -0.1) is 0 Å². The largest absolute Gasteiger partial charge is 0.287 e. The van der Waals surface area contributed by atoms with E-state index in [4.69, 9.17) is 0 Å². The molecule has 20 heavy (non-hydrogen) atoms. The van der Waals surface area contributed by atoms with Crippen molar-refractivity contribution in [3.63, 3.8) is 0 Å². The topological polar surface area (TPSA) is 42.9 Å². The average molecular weight is 258 g/mol. The maximum atomic E-state index is 12.4. The molecule has 2 aromatic carbocycles. The van der Waals surface area contributed by atoms with Crippen LogP contribution < -0.4 is 0 Å². The highest BCUT2D eigenvalue weighted by Gasteiger charge is 2.28. The molecular formula is C17H10N2O. The van der Waals surface area contributed by atoms with E-state index in [9.17, 15) is 4.79 Å². The van der Waals surface area contributed by atoms with Crippen LogP contribution in [-0.4, -0.2) is 15.8 Å². The molecule has 1 aliphatic rings. The highest BCUT2D eigenvalue weighted by atomic mass is 16.1. The zero-order valence-corrected chi connectivity index (χ0v) is 10.6. The quantitative estimate of drug-likeness (QED) is 0.526. The van der Waals surface area contributed by atoms with Gasteiger partial charge in [0.1, 0.15) is 5.69 Å². The van der Waals surface area contributed by atoms with E-state index in [1.54, 1.807) is 6.20 Å². The van der Waals surface area contributed by atoms with E-state index in [2.05, 4.69) is 9.97 Å². The van der Waals surface area contributed by atoms with Crippen molar-refractivity contribution in [2.45, 2.75) is 0 Å². The second-order valence-corrected chi connectivity index (χ2v) is 4.70. The Morgan fingerprint density at radius 3 is 2.25 bits per heavy atom. The van der Waals surface area contributed by atoms with Crippen molar-refractivity contribution in [1.82, 2.24) is 9.97 Å². The standard InChI is InChI=1S/C17H10N2O/c20-16-13-9-5-4-8-12(13)14-10-18-17(19-15(14)16)11-6-2-1-3-7-11/h1-10H. The van der Waals surface area contributed by atoms with Crippen molar-refractivity contribution in [3.05, 3.63) is 72.1 Å². The van der Waals surface area contributed by atoms with E-state index >= 15 is 0 Å². The summed E-state index contributed by atoms with van der Waals surface area (Å²) in [5, 5.41) is 0. The summed E-state index contributed by atoms with van der Waals surface area (Å²) in [4.78, 5) is 21.2. The summed E-state index contributed by atoms with van der Waals surface area (Å²) in [5.74, 6) is 0.570. The van der Waals surface area contributed by atoms with Crippen LogP contribution in [0.25, 0.3) is 22.5 Å². The van der Waals surface area contributed by atoms with Crippen molar-refractivity contribution in [3.8, 4) is 22.5 Å². The first-order valence-corrected chi connectivity index (χ1v) is 6.41. The number of carbonyl (C=O) groups is 1. The summed E-state index contributed by atoms with van der Waals surface area (Å²) in [6, 6.07) is 17.2. The fraction of sp³-hybridized carbons (Fsp3) is 0. The molecule has 0 amide bonds. The van der Waals surface area contributed by atoms with Gasteiger partial charge in [0.25, 0.3) is 0 Å². The lowest BCUT2D eigenvalue weighted by Crippen LogP contribution is -2.00. The Morgan fingerprint density at radius 2 is 1.45 bits per heavy atom. The third-order valence-corrected chi connectivity index (χ3v) is 3.50. The number of benzene rings is 2. The highest BCUT2D eigenvalue weighted by molar-refractivity contribution is 6.20. The van der Waals surface area contributed by atoms with E-state index in [0.29, 0.717) is 17.1 Å². The summed E-state index contributed by atoms with van der Waals surface area (Å²) in [6.07, 6.45) is 1.74. The minimum Gasteiger partial charge on any atom is -0.287 e. The number of rotatable bonds is 1. The normalized spacial score (nSPS) is 12.1. The Morgan fingerprint density at radius 1 is 0.750 bits per heavy atom. The van der Waals surface area contributed by atoms with Crippen LogP contribution in [0, 0.1) is 0 Å². The number of nitrogens with zero attached hydrogens (tertiary/aromatic N) is 2. The first-order valence-electron chi connectivity index (χ1n) is 6.41. The van der Waals surface area contributed by atoms with Gasteiger partial charge in [0.05, 0.1) is 0 Å². The molecular weight excluding hydrogens is 248 g/mol. The number of fused-ring (bicyclic) bond motifs is 3. The Labute approximate surface area is 116 Å². The highest BCUT2D eigenvalue weighted by Crippen LogP contribution is 2.35. The second-order valence-electron chi connectivity index (χ2n) is 4.70. The Kier molecular flexibility index (Phi) is 2.27. The molecule has 0 spiro atoms. The van der Waals surface area contributed by atoms with Crippen LogP contribution in [0.2, 0.25) is 0 Å². The molecule has 3 heteroatoms. The molecule has 94 valence electrons. The van der Waals surface area contributed by atoms with Crippen LogP contribution in [0.3, 0.4) is 0 Å². The first-order chi connectivity index (χ1) is 9.84.